The molecule has 0 amide bonds. The summed E-state index contributed by atoms with van der Waals surface area (Å²) in [5, 5.41) is 10.6. The van der Waals surface area contributed by atoms with Crippen molar-refractivity contribution in [3.05, 3.63) is 71.8 Å². The highest BCUT2D eigenvalue weighted by atomic mass is 32.2. The quantitative estimate of drug-likeness (QED) is 0.733. The highest BCUT2D eigenvalue weighted by molar-refractivity contribution is 7.87. The summed E-state index contributed by atoms with van der Waals surface area (Å²) in [6.45, 7) is 1.59. The Labute approximate surface area is 139 Å². The second-order valence-electron chi connectivity index (χ2n) is 5.30. The van der Waals surface area contributed by atoms with E-state index in [0.29, 0.717) is 10.9 Å². The van der Waals surface area contributed by atoms with Crippen molar-refractivity contribution in [1.29, 1.82) is 0 Å². The Morgan fingerprint density at radius 2 is 1.71 bits per heavy atom. The van der Waals surface area contributed by atoms with Crippen LogP contribution in [0, 0.1) is 6.92 Å². The largest absolute Gasteiger partial charge is 0.478 e. The lowest BCUT2D eigenvalue weighted by molar-refractivity contribution is 0.0696. The van der Waals surface area contributed by atoms with Gasteiger partial charge >= 0.3 is 16.1 Å². The van der Waals surface area contributed by atoms with E-state index in [1.807, 2.05) is 18.2 Å². The van der Waals surface area contributed by atoms with E-state index >= 15 is 0 Å². The average Bonchev–Trinajstić information content (AvgIpc) is 2.55. The third-order valence-corrected chi connectivity index (χ3v) is 5.03. The Morgan fingerprint density at radius 1 is 1.00 bits per heavy atom. The third kappa shape index (κ3) is 2.96. The summed E-state index contributed by atoms with van der Waals surface area (Å²) in [5.74, 6) is -0.996. The van der Waals surface area contributed by atoms with E-state index in [2.05, 4.69) is 0 Å². The number of carboxylic acids is 1. The van der Waals surface area contributed by atoms with Crippen molar-refractivity contribution >= 4 is 26.9 Å². The van der Waals surface area contributed by atoms with Crippen molar-refractivity contribution < 1.29 is 22.5 Å². The number of carbonyl (C=O) groups is 1. The topological polar surface area (TPSA) is 80.7 Å². The first-order valence-electron chi connectivity index (χ1n) is 7.15. The number of rotatable bonds is 4. The van der Waals surface area contributed by atoms with Gasteiger partial charge in [-0.1, -0.05) is 42.5 Å². The Hall–Kier alpha value is -2.86. The molecule has 0 fully saturated rings. The van der Waals surface area contributed by atoms with Gasteiger partial charge in [0.25, 0.3) is 0 Å². The lowest BCUT2D eigenvalue weighted by Crippen LogP contribution is -2.12. The molecule has 3 aromatic carbocycles. The molecule has 3 rings (SSSR count). The van der Waals surface area contributed by atoms with Crippen LogP contribution in [0.1, 0.15) is 15.9 Å². The fourth-order valence-corrected chi connectivity index (χ4v) is 3.64. The lowest BCUT2D eigenvalue weighted by Gasteiger charge is -2.12. The minimum atomic E-state index is -4.15. The van der Waals surface area contributed by atoms with E-state index in [1.165, 1.54) is 12.1 Å². The maximum Gasteiger partial charge on any atom is 0.339 e. The maximum absolute atomic E-state index is 12.6. The highest BCUT2D eigenvalue weighted by Crippen LogP contribution is 2.29. The van der Waals surface area contributed by atoms with Gasteiger partial charge < -0.3 is 9.29 Å². The van der Waals surface area contributed by atoms with Crippen LogP contribution in [0.15, 0.2) is 65.6 Å². The summed E-state index contributed by atoms with van der Waals surface area (Å²) in [5.41, 5.74) is 0.306. The first-order chi connectivity index (χ1) is 11.4. The van der Waals surface area contributed by atoms with Crippen LogP contribution < -0.4 is 4.18 Å². The van der Waals surface area contributed by atoms with E-state index in [0.717, 1.165) is 11.5 Å². The van der Waals surface area contributed by atoms with Crippen molar-refractivity contribution in [2.45, 2.75) is 11.8 Å². The van der Waals surface area contributed by atoms with Crippen LogP contribution in [0.2, 0.25) is 0 Å². The summed E-state index contributed by atoms with van der Waals surface area (Å²) in [6, 6.07) is 16.3. The van der Waals surface area contributed by atoms with Crippen molar-refractivity contribution in [1.82, 2.24) is 0 Å². The van der Waals surface area contributed by atoms with E-state index < -0.39 is 16.1 Å². The molecule has 0 unspecified atom stereocenters. The lowest BCUT2D eigenvalue weighted by atomic mass is 10.1. The Kier molecular flexibility index (Phi) is 3.99. The zero-order valence-electron chi connectivity index (χ0n) is 12.8. The molecular formula is C18H14O5S. The number of benzene rings is 3. The summed E-state index contributed by atoms with van der Waals surface area (Å²) < 4.78 is 30.5. The SMILES string of the molecule is Cc1ccc(C(=O)O)cc1S(=O)(=O)Oc1cccc2ccccc12. The predicted octanol–water partition coefficient (Wildman–Crippen LogP) is 3.61. The van der Waals surface area contributed by atoms with E-state index in [1.54, 1.807) is 31.2 Å². The van der Waals surface area contributed by atoms with Crippen LogP contribution in [-0.4, -0.2) is 19.5 Å². The molecule has 0 radical (unpaired) electrons. The van der Waals surface area contributed by atoms with Gasteiger partial charge in [-0.05, 0) is 36.1 Å². The molecule has 3 aromatic rings. The van der Waals surface area contributed by atoms with Crippen LogP contribution in [-0.2, 0) is 10.1 Å². The average molecular weight is 342 g/mol. The molecule has 0 saturated carbocycles. The molecule has 24 heavy (non-hydrogen) atoms. The number of hydrogen-bond acceptors (Lipinski definition) is 4. The van der Waals surface area contributed by atoms with Crippen LogP contribution in [0.5, 0.6) is 5.75 Å². The summed E-state index contributed by atoms with van der Waals surface area (Å²) >= 11 is 0. The zero-order valence-corrected chi connectivity index (χ0v) is 13.6. The van der Waals surface area contributed by atoms with Gasteiger partial charge in [0, 0.05) is 5.39 Å². The van der Waals surface area contributed by atoms with Crippen molar-refractivity contribution in [2.24, 2.45) is 0 Å². The summed E-state index contributed by atoms with van der Waals surface area (Å²) in [4.78, 5) is 10.9. The molecule has 0 bridgehead atoms. The molecule has 0 spiro atoms. The van der Waals surface area contributed by atoms with E-state index in [9.17, 15) is 13.2 Å². The molecule has 122 valence electrons. The standard InChI is InChI=1S/C18H14O5S/c1-12-9-10-14(18(19)20)11-17(12)24(21,22)23-16-8-4-6-13-5-2-3-7-15(13)16/h2-11H,1H3,(H,19,20). The number of carboxylic acid groups (broad SMARTS) is 1. The van der Waals surface area contributed by atoms with Crippen molar-refractivity contribution in [2.75, 3.05) is 0 Å². The number of aromatic carboxylic acids is 1. The fraction of sp³-hybridized carbons (Fsp3) is 0.0556. The van der Waals surface area contributed by atoms with E-state index in [4.69, 9.17) is 9.29 Å². The molecule has 0 atom stereocenters. The van der Waals surface area contributed by atoms with E-state index in [-0.39, 0.29) is 16.2 Å². The van der Waals surface area contributed by atoms with Gasteiger partial charge in [0.2, 0.25) is 0 Å². The highest BCUT2D eigenvalue weighted by Gasteiger charge is 2.22. The molecule has 0 aliphatic heterocycles. The third-order valence-electron chi connectivity index (χ3n) is 3.65. The molecule has 0 saturated heterocycles. The monoisotopic (exact) mass is 342 g/mol. The van der Waals surface area contributed by atoms with Gasteiger partial charge in [0.15, 0.2) is 5.75 Å². The normalized spacial score (nSPS) is 11.4. The maximum atomic E-state index is 12.6. The minimum Gasteiger partial charge on any atom is -0.478 e. The molecule has 0 aliphatic carbocycles. The molecule has 0 aromatic heterocycles. The molecular weight excluding hydrogens is 328 g/mol. The van der Waals surface area contributed by atoms with Gasteiger partial charge in [-0.15, -0.1) is 0 Å². The first-order valence-corrected chi connectivity index (χ1v) is 8.55. The van der Waals surface area contributed by atoms with Crippen molar-refractivity contribution in [3.63, 3.8) is 0 Å². The summed E-state index contributed by atoms with van der Waals surface area (Å²) in [6.07, 6.45) is 0. The van der Waals surface area contributed by atoms with Crippen molar-refractivity contribution in [3.8, 4) is 5.75 Å². The van der Waals surface area contributed by atoms with Gasteiger partial charge in [-0.2, -0.15) is 8.42 Å². The molecule has 6 heteroatoms. The van der Waals surface area contributed by atoms with Crippen LogP contribution >= 0.6 is 0 Å². The molecule has 1 N–H and O–H groups in total. The molecule has 5 nitrogen and oxygen atoms in total. The number of hydrogen-bond donors (Lipinski definition) is 1. The van der Waals surface area contributed by atoms with Gasteiger partial charge in [0.1, 0.15) is 4.90 Å². The Morgan fingerprint density at radius 3 is 2.46 bits per heavy atom. The second-order valence-corrected chi connectivity index (χ2v) is 6.81. The zero-order chi connectivity index (χ0) is 17.3. The fourth-order valence-electron chi connectivity index (χ4n) is 2.43. The Bertz CT molecular complexity index is 1030. The molecule has 0 aliphatic rings. The van der Waals surface area contributed by atoms with Crippen LogP contribution in [0.4, 0.5) is 0 Å². The summed E-state index contributed by atoms with van der Waals surface area (Å²) in [7, 11) is -4.15. The molecule has 0 heterocycles. The van der Waals surface area contributed by atoms with Gasteiger partial charge in [0.05, 0.1) is 5.56 Å². The Balaban J connectivity index is 2.09. The van der Waals surface area contributed by atoms with Gasteiger partial charge in [-0.3, -0.25) is 0 Å². The number of fused-ring (bicyclic) bond motifs is 1. The smallest absolute Gasteiger partial charge is 0.339 e. The van der Waals surface area contributed by atoms with Gasteiger partial charge in [-0.25, -0.2) is 4.79 Å². The first kappa shape index (κ1) is 16.0. The number of aryl methyl sites for hydroxylation is 1. The minimum absolute atomic E-state index is 0.110. The second kappa shape index (κ2) is 5.98. The predicted molar refractivity (Wildman–Crippen MR) is 89.9 cm³/mol. The van der Waals surface area contributed by atoms with Crippen LogP contribution in [0.3, 0.4) is 0 Å². The van der Waals surface area contributed by atoms with Crippen LogP contribution in [0.25, 0.3) is 10.8 Å².